The van der Waals surface area contributed by atoms with Crippen LogP contribution in [0.5, 0.6) is 0 Å². The van der Waals surface area contributed by atoms with Gasteiger partial charge in [0.1, 0.15) is 5.82 Å². The number of aromatic nitrogens is 1. The SMILES string of the molecule is Cc1cc(CO)cc(N(C)Cc2ccccc2Br)n1. The first-order valence-corrected chi connectivity index (χ1v) is 6.92. The summed E-state index contributed by atoms with van der Waals surface area (Å²) in [5, 5.41) is 9.25. The minimum Gasteiger partial charge on any atom is -0.392 e. The van der Waals surface area contributed by atoms with Crippen LogP contribution in [0.3, 0.4) is 0 Å². The van der Waals surface area contributed by atoms with Crippen molar-refractivity contribution in [3.05, 3.63) is 57.7 Å². The van der Waals surface area contributed by atoms with Gasteiger partial charge in [-0.2, -0.15) is 0 Å². The summed E-state index contributed by atoms with van der Waals surface area (Å²) in [5.74, 6) is 0.875. The monoisotopic (exact) mass is 320 g/mol. The van der Waals surface area contributed by atoms with Gasteiger partial charge in [-0.25, -0.2) is 4.98 Å². The van der Waals surface area contributed by atoms with Crippen LogP contribution in [-0.4, -0.2) is 17.1 Å². The van der Waals surface area contributed by atoms with Gasteiger partial charge in [-0.3, -0.25) is 0 Å². The van der Waals surface area contributed by atoms with Gasteiger partial charge >= 0.3 is 0 Å². The molecule has 19 heavy (non-hydrogen) atoms. The molecule has 1 aromatic carbocycles. The van der Waals surface area contributed by atoms with Crippen LogP contribution >= 0.6 is 15.9 Å². The minimum atomic E-state index is 0.0409. The van der Waals surface area contributed by atoms with Crippen molar-refractivity contribution >= 4 is 21.7 Å². The fourth-order valence-electron chi connectivity index (χ4n) is 1.97. The Morgan fingerprint density at radius 3 is 2.68 bits per heavy atom. The largest absolute Gasteiger partial charge is 0.392 e. The first-order valence-electron chi connectivity index (χ1n) is 6.13. The molecule has 100 valence electrons. The standard InChI is InChI=1S/C15H17BrN2O/c1-11-7-12(10-19)8-15(17-11)18(2)9-13-5-3-4-6-14(13)16/h3-8,19H,9-10H2,1-2H3. The van der Waals surface area contributed by atoms with Crippen molar-refractivity contribution in [2.24, 2.45) is 0 Å². The molecule has 0 radical (unpaired) electrons. The topological polar surface area (TPSA) is 36.4 Å². The van der Waals surface area contributed by atoms with E-state index in [0.717, 1.165) is 28.1 Å². The van der Waals surface area contributed by atoms with Crippen molar-refractivity contribution in [2.75, 3.05) is 11.9 Å². The third-order valence-electron chi connectivity index (χ3n) is 2.94. The molecule has 0 fully saturated rings. The average molecular weight is 321 g/mol. The number of aliphatic hydroxyl groups is 1. The van der Waals surface area contributed by atoms with Crippen LogP contribution < -0.4 is 4.90 Å². The highest BCUT2D eigenvalue weighted by Crippen LogP contribution is 2.21. The van der Waals surface area contributed by atoms with Gasteiger partial charge in [0.25, 0.3) is 0 Å². The van der Waals surface area contributed by atoms with E-state index in [1.165, 1.54) is 5.56 Å². The molecule has 3 nitrogen and oxygen atoms in total. The molecule has 0 atom stereocenters. The number of aliphatic hydroxyl groups excluding tert-OH is 1. The Bertz CT molecular complexity index is 572. The molecule has 4 heteroatoms. The van der Waals surface area contributed by atoms with E-state index in [0.29, 0.717) is 0 Å². The molecule has 0 aliphatic rings. The first kappa shape index (κ1) is 14.0. The number of benzene rings is 1. The quantitative estimate of drug-likeness (QED) is 0.939. The van der Waals surface area contributed by atoms with Gasteiger partial charge in [-0.1, -0.05) is 34.1 Å². The lowest BCUT2D eigenvalue weighted by Gasteiger charge is -2.20. The number of halogens is 1. The van der Waals surface area contributed by atoms with E-state index in [1.54, 1.807) is 0 Å². The summed E-state index contributed by atoms with van der Waals surface area (Å²) in [7, 11) is 2.00. The molecule has 1 heterocycles. The van der Waals surface area contributed by atoms with Crippen LogP contribution in [-0.2, 0) is 13.2 Å². The van der Waals surface area contributed by atoms with Crippen molar-refractivity contribution in [3.8, 4) is 0 Å². The van der Waals surface area contributed by atoms with Gasteiger partial charge in [0, 0.05) is 23.8 Å². The molecule has 0 aliphatic carbocycles. The molecule has 1 N–H and O–H groups in total. The lowest BCUT2D eigenvalue weighted by Crippen LogP contribution is -2.18. The Hall–Kier alpha value is -1.39. The van der Waals surface area contributed by atoms with Crippen LogP contribution in [0.1, 0.15) is 16.8 Å². The van der Waals surface area contributed by atoms with E-state index < -0.39 is 0 Å². The van der Waals surface area contributed by atoms with Crippen molar-refractivity contribution in [2.45, 2.75) is 20.1 Å². The van der Waals surface area contributed by atoms with Crippen LogP contribution in [0.4, 0.5) is 5.82 Å². The molecular formula is C15H17BrN2O. The third kappa shape index (κ3) is 3.55. The maximum Gasteiger partial charge on any atom is 0.129 e. The number of rotatable bonds is 4. The van der Waals surface area contributed by atoms with E-state index in [4.69, 9.17) is 0 Å². The molecule has 0 unspecified atom stereocenters. The fourth-order valence-corrected chi connectivity index (χ4v) is 2.38. The van der Waals surface area contributed by atoms with E-state index in [2.05, 4.69) is 31.9 Å². The average Bonchev–Trinajstić information content (AvgIpc) is 2.40. The zero-order valence-electron chi connectivity index (χ0n) is 11.1. The Kier molecular flexibility index (Phi) is 4.56. The highest BCUT2D eigenvalue weighted by Gasteiger charge is 2.07. The van der Waals surface area contributed by atoms with Gasteiger partial charge in [0.2, 0.25) is 0 Å². The summed E-state index contributed by atoms with van der Waals surface area (Å²) in [6, 6.07) is 12.0. The van der Waals surface area contributed by atoms with Crippen LogP contribution in [0.2, 0.25) is 0 Å². The lowest BCUT2D eigenvalue weighted by atomic mass is 10.2. The van der Waals surface area contributed by atoms with Crippen molar-refractivity contribution < 1.29 is 5.11 Å². The highest BCUT2D eigenvalue weighted by molar-refractivity contribution is 9.10. The van der Waals surface area contributed by atoms with Crippen molar-refractivity contribution in [1.82, 2.24) is 4.98 Å². The Balaban J connectivity index is 2.22. The van der Waals surface area contributed by atoms with Crippen molar-refractivity contribution in [1.29, 1.82) is 0 Å². The summed E-state index contributed by atoms with van der Waals surface area (Å²) < 4.78 is 1.09. The molecule has 0 bridgehead atoms. The molecule has 2 aromatic rings. The molecule has 1 aromatic heterocycles. The number of aryl methyl sites for hydroxylation is 1. The highest BCUT2D eigenvalue weighted by atomic mass is 79.9. The fraction of sp³-hybridized carbons (Fsp3) is 0.267. The minimum absolute atomic E-state index is 0.0409. The van der Waals surface area contributed by atoms with Gasteiger partial charge in [-0.15, -0.1) is 0 Å². The van der Waals surface area contributed by atoms with Gasteiger partial charge in [0.15, 0.2) is 0 Å². The molecular weight excluding hydrogens is 304 g/mol. The molecule has 2 rings (SSSR count). The number of nitrogens with zero attached hydrogens (tertiary/aromatic N) is 2. The molecule has 0 spiro atoms. The second-order valence-corrected chi connectivity index (χ2v) is 5.43. The third-order valence-corrected chi connectivity index (χ3v) is 3.71. The summed E-state index contributed by atoms with van der Waals surface area (Å²) in [5.41, 5.74) is 3.01. The molecule has 0 amide bonds. The Labute approximate surface area is 122 Å². The van der Waals surface area contributed by atoms with E-state index in [9.17, 15) is 5.11 Å². The lowest BCUT2D eigenvalue weighted by molar-refractivity contribution is 0.281. The number of pyridine rings is 1. The summed E-state index contributed by atoms with van der Waals surface area (Å²) in [6.45, 7) is 2.75. The Morgan fingerprint density at radius 2 is 2.00 bits per heavy atom. The predicted octanol–water partition coefficient (Wildman–Crippen LogP) is 3.28. The van der Waals surface area contributed by atoms with Crippen LogP contribution in [0, 0.1) is 6.92 Å². The maximum atomic E-state index is 9.25. The zero-order valence-corrected chi connectivity index (χ0v) is 12.7. The van der Waals surface area contributed by atoms with Crippen LogP contribution in [0.15, 0.2) is 40.9 Å². The summed E-state index contributed by atoms with van der Waals surface area (Å²) in [6.07, 6.45) is 0. The van der Waals surface area contributed by atoms with Gasteiger partial charge < -0.3 is 10.0 Å². The number of hydrogen-bond donors (Lipinski definition) is 1. The van der Waals surface area contributed by atoms with Crippen molar-refractivity contribution in [3.63, 3.8) is 0 Å². The predicted molar refractivity (Wildman–Crippen MR) is 81.1 cm³/mol. The second-order valence-electron chi connectivity index (χ2n) is 4.58. The number of anilines is 1. The maximum absolute atomic E-state index is 9.25. The second kappa shape index (κ2) is 6.17. The summed E-state index contributed by atoms with van der Waals surface area (Å²) in [4.78, 5) is 6.58. The van der Waals surface area contributed by atoms with Gasteiger partial charge in [-0.05, 0) is 36.2 Å². The number of hydrogen-bond acceptors (Lipinski definition) is 3. The molecule has 0 saturated heterocycles. The normalized spacial score (nSPS) is 10.5. The van der Waals surface area contributed by atoms with Gasteiger partial charge in [0.05, 0.1) is 6.61 Å². The van der Waals surface area contributed by atoms with E-state index in [-0.39, 0.29) is 6.61 Å². The van der Waals surface area contributed by atoms with E-state index in [1.807, 2.05) is 44.3 Å². The summed E-state index contributed by atoms with van der Waals surface area (Å²) >= 11 is 3.55. The molecule has 0 aliphatic heterocycles. The Morgan fingerprint density at radius 1 is 1.26 bits per heavy atom. The van der Waals surface area contributed by atoms with Crippen LogP contribution in [0.25, 0.3) is 0 Å². The smallest absolute Gasteiger partial charge is 0.129 e. The van der Waals surface area contributed by atoms with E-state index >= 15 is 0 Å². The first-order chi connectivity index (χ1) is 9.10. The molecule has 0 saturated carbocycles. The zero-order chi connectivity index (χ0) is 13.8.